The Kier molecular flexibility index (Phi) is 4.35. The van der Waals surface area contributed by atoms with Crippen molar-refractivity contribution in [3.63, 3.8) is 0 Å². The number of hydrogen-bond acceptors (Lipinski definition) is 4. The highest BCUT2D eigenvalue weighted by molar-refractivity contribution is 7.99. The lowest BCUT2D eigenvalue weighted by molar-refractivity contribution is 0.330. The maximum atomic E-state index is 4.92. The lowest BCUT2D eigenvalue weighted by Crippen LogP contribution is -2.30. The number of thioether (sulfide) groups is 1. The van der Waals surface area contributed by atoms with Crippen molar-refractivity contribution in [1.29, 1.82) is 0 Å². The molecule has 0 saturated carbocycles. The normalized spacial score (nSPS) is 23.4. The second-order valence-electron chi connectivity index (χ2n) is 6.61. The fourth-order valence-electron chi connectivity index (χ4n) is 3.68. The fraction of sp³-hybridized carbons (Fsp3) is 0.647. The minimum absolute atomic E-state index is 0.761. The molecule has 0 spiro atoms. The largest absolute Gasteiger partial charge is 0.317 e. The maximum Gasteiger partial charge on any atom is 0.159 e. The standard InChI is InChI=1S/C17H24N4S/c1-2-15-17(19-6-1)21(11-13-3-7-18-8-4-13)16(20-15)10-14-5-9-22-12-14/h1-2,6,13-14,18H,3-5,7-12H2. The van der Waals surface area contributed by atoms with Crippen LogP contribution < -0.4 is 5.32 Å². The third-order valence-corrected chi connectivity index (χ3v) is 6.21. The van der Waals surface area contributed by atoms with Crippen LogP contribution in [-0.4, -0.2) is 39.1 Å². The van der Waals surface area contributed by atoms with Crippen molar-refractivity contribution in [3.05, 3.63) is 24.2 Å². The summed E-state index contributed by atoms with van der Waals surface area (Å²) in [6, 6.07) is 4.10. The van der Waals surface area contributed by atoms with Gasteiger partial charge in [0.15, 0.2) is 5.65 Å². The van der Waals surface area contributed by atoms with Crippen molar-refractivity contribution < 1.29 is 0 Å². The van der Waals surface area contributed by atoms with E-state index in [0.717, 1.165) is 49.1 Å². The first kappa shape index (κ1) is 14.5. The molecule has 2 aliphatic heterocycles. The molecule has 0 bridgehead atoms. The Morgan fingerprint density at radius 3 is 2.95 bits per heavy atom. The van der Waals surface area contributed by atoms with Gasteiger partial charge in [0.2, 0.25) is 0 Å². The second-order valence-corrected chi connectivity index (χ2v) is 7.76. The van der Waals surface area contributed by atoms with Gasteiger partial charge in [-0.1, -0.05) is 0 Å². The predicted octanol–water partition coefficient (Wildman–Crippen LogP) is 2.73. The molecule has 2 fully saturated rings. The molecule has 0 aromatic carbocycles. The number of hydrogen-bond donors (Lipinski definition) is 1. The topological polar surface area (TPSA) is 42.7 Å². The number of imidazole rings is 1. The van der Waals surface area contributed by atoms with Crippen molar-refractivity contribution in [3.8, 4) is 0 Å². The van der Waals surface area contributed by atoms with Gasteiger partial charge in [0.05, 0.1) is 0 Å². The lowest BCUT2D eigenvalue weighted by Gasteiger charge is -2.24. The summed E-state index contributed by atoms with van der Waals surface area (Å²) in [6.45, 7) is 3.39. The lowest BCUT2D eigenvalue weighted by atomic mass is 9.98. The molecule has 2 saturated heterocycles. The van der Waals surface area contributed by atoms with E-state index >= 15 is 0 Å². The van der Waals surface area contributed by atoms with Crippen LogP contribution in [0.5, 0.6) is 0 Å². The zero-order valence-electron chi connectivity index (χ0n) is 13.0. The predicted molar refractivity (Wildman–Crippen MR) is 92.3 cm³/mol. The van der Waals surface area contributed by atoms with E-state index in [1.807, 2.05) is 12.3 Å². The van der Waals surface area contributed by atoms with Crippen LogP contribution in [0.2, 0.25) is 0 Å². The summed E-state index contributed by atoms with van der Waals surface area (Å²) in [5.41, 5.74) is 2.15. The highest BCUT2D eigenvalue weighted by Gasteiger charge is 2.22. The van der Waals surface area contributed by atoms with E-state index in [4.69, 9.17) is 4.98 Å². The van der Waals surface area contributed by atoms with E-state index in [2.05, 4.69) is 32.7 Å². The first-order chi connectivity index (χ1) is 10.9. The molecule has 1 unspecified atom stereocenters. The van der Waals surface area contributed by atoms with Gasteiger partial charge in [-0.2, -0.15) is 11.8 Å². The number of pyridine rings is 1. The number of piperidine rings is 1. The van der Waals surface area contributed by atoms with Crippen molar-refractivity contribution in [2.24, 2.45) is 11.8 Å². The van der Waals surface area contributed by atoms with Crippen molar-refractivity contribution in [1.82, 2.24) is 19.9 Å². The zero-order chi connectivity index (χ0) is 14.8. The van der Waals surface area contributed by atoms with Gasteiger partial charge in [0, 0.05) is 19.2 Å². The molecular weight excluding hydrogens is 292 g/mol. The molecule has 118 valence electrons. The molecule has 4 nitrogen and oxygen atoms in total. The Bertz CT molecular complexity index is 627. The minimum atomic E-state index is 0.761. The number of nitrogens with zero attached hydrogens (tertiary/aromatic N) is 3. The van der Waals surface area contributed by atoms with Crippen molar-refractivity contribution in [2.45, 2.75) is 32.2 Å². The summed E-state index contributed by atoms with van der Waals surface area (Å²) in [5.74, 6) is 5.44. The average molecular weight is 316 g/mol. The SMILES string of the molecule is c1cnc2c(c1)nc(CC1CCSC1)n2CC1CCNCC1. The molecule has 2 aromatic rings. The van der Waals surface area contributed by atoms with Gasteiger partial charge in [0.25, 0.3) is 0 Å². The molecule has 1 N–H and O–H groups in total. The monoisotopic (exact) mass is 316 g/mol. The van der Waals surface area contributed by atoms with Gasteiger partial charge < -0.3 is 9.88 Å². The number of rotatable bonds is 4. The molecule has 1 atom stereocenters. The smallest absolute Gasteiger partial charge is 0.159 e. The highest BCUT2D eigenvalue weighted by Crippen LogP contribution is 2.28. The van der Waals surface area contributed by atoms with Crippen molar-refractivity contribution >= 4 is 22.9 Å². The van der Waals surface area contributed by atoms with Crippen LogP contribution in [0, 0.1) is 11.8 Å². The Balaban J connectivity index is 1.63. The summed E-state index contributed by atoms with van der Waals surface area (Å²) in [5, 5.41) is 3.46. The molecule has 22 heavy (non-hydrogen) atoms. The third kappa shape index (κ3) is 3.01. The second kappa shape index (κ2) is 6.59. The van der Waals surface area contributed by atoms with Crippen LogP contribution in [0.25, 0.3) is 11.2 Å². The Labute approximate surface area is 136 Å². The fourth-order valence-corrected chi connectivity index (χ4v) is 4.96. The molecule has 0 aliphatic carbocycles. The van der Waals surface area contributed by atoms with Gasteiger partial charge in [-0.25, -0.2) is 9.97 Å². The highest BCUT2D eigenvalue weighted by atomic mass is 32.2. The van der Waals surface area contributed by atoms with Crippen LogP contribution in [-0.2, 0) is 13.0 Å². The van der Waals surface area contributed by atoms with E-state index in [0.29, 0.717) is 0 Å². The first-order valence-corrected chi connectivity index (χ1v) is 9.64. The number of nitrogens with one attached hydrogen (secondary N) is 1. The molecule has 2 aromatic heterocycles. The third-order valence-electron chi connectivity index (χ3n) is 4.98. The quantitative estimate of drug-likeness (QED) is 0.942. The van der Waals surface area contributed by atoms with Gasteiger partial charge >= 0.3 is 0 Å². The van der Waals surface area contributed by atoms with E-state index in [-0.39, 0.29) is 0 Å². The van der Waals surface area contributed by atoms with Crippen LogP contribution >= 0.6 is 11.8 Å². The summed E-state index contributed by atoms with van der Waals surface area (Å²) in [4.78, 5) is 9.54. The average Bonchev–Trinajstić information content (AvgIpc) is 3.18. The molecule has 4 rings (SSSR count). The summed E-state index contributed by atoms with van der Waals surface area (Å²) >= 11 is 2.09. The van der Waals surface area contributed by atoms with Crippen LogP contribution in [0.1, 0.15) is 25.1 Å². The summed E-state index contributed by atoms with van der Waals surface area (Å²) in [6.07, 6.45) is 6.90. The summed E-state index contributed by atoms with van der Waals surface area (Å²) in [7, 11) is 0. The minimum Gasteiger partial charge on any atom is -0.317 e. The Morgan fingerprint density at radius 2 is 2.14 bits per heavy atom. The number of fused-ring (bicyclic) bond motifs is 1. The Morgan fingerprint density at radius 1 is 1.23 bits per heavy atom. The molecule has 2 aliphatic rings. The van der Waals surface area contributed by atoms with Crippen LogP contribution in [0.4, 0.5) is 0 Å². The first-order valence-electron chi connectivity index (χ1n) is 8.49. The van der Waals surface area contributed by atoms with Gasteiger partial charge in [0.1, 0.15) is 11.3 Å². The van der Waals surface area contributed by atoms with E-state index < -0.39 is 0 Å². The Hall–Kier alpha value is -1.07. The molecule has 5 heteroatoms. The molecule has 0 radical (unpaired) electrons. The van der Waals surface area contributed by atoms with Crippen LogP contribution in [0.15, 0.2) is 18.3 Å². The van der Waals surface area contributed by atoms with Crippen molar-refractivity contribution in [2.75, 3.05) is 24.6 Å². The van der Waals surface area contributed by atoms with E-state index in [1.54, 1.807) is 0 Å². The van der Waals surface area contributed by atoms with Crippen LogP contribution in [0.3, 0.4) is 0 Å². The number of aromatic nitrogens is 3. The van der Waals surface area contributed by atoms with E-state index in [9.17, 15) is 0 Å². The summed E-state index contributed by atoms with van der Waals surface area (Å²) < 4.78 is 2.42. The molecule has 0 amide bonds. The van der Waals surface area contributed by atoms with Gasteiger partial charge in [-0.15, -0.1) is 0 Å². The maximum absolute atomic E-state index is 4.92. The van der Waals surface area contributed by atoms with Gasteiger partial charge in [-0.3, -0.25) is 0 Å². The van der Waals surface area contributed by atoms with Gasteiger partial charge in [-0.05, 0) is 67.8 Å². The van der Waals surface area contributed by atoms with E-state index in [1.165, 1.54) is 36.6 Å². The molecule has 4 heterocycles. The molecular formula is C17H24N4S. The zero-order valence-corrected chi connectivity index (χ0v) is 13.8.